The van der Waals surface area contributed by atoms with Gasteiger partial charge >= 0.3 is 0 Å². The maximum absolute atomic E-state index is 12.8. The van der Waals surface area contributed by atoms with Crippen LogP contribution >= 0.6 is 15.9 Å². The topological polar surface area (TPSA) is 56.1 Å². The van der Waals surface area contributed by atoms with Crippen LogP contribution in [0.3, 0.4) is 0 Å². The number of carbonyl (C=O) groups excluding carboxylic acids is 1. The average molecular weight is 520 g/mol. The van der Waals surface area contributed by atoms with Crippen molar-refractivity contribution >= 4 is 32.9 Å². The minimum Gasteiger partial charge on any atom is -0.493 e. The van der Waals surface area contributed by atoms with Gasteiger partial charge in [0.2, 0.25) is 0 Å². The molecule has 1 aromatic heterocycles. The number of unbranched alkanes of at least 4 members (excludes halogenated alkanes) is 1. The number of aromatic nitrogens is 2. The Kier molecular flexibility index (Phi) is 7.68. The highest BCUT2D eigenvalue weighted by atomic mass is 79.9. The Bertz CT molecular complexity index is 1280. The molecule has 1 heterocycles. The molecule has 4 aromatic rings. The van der Waals surface area contributed by atoms with E-state index < -0.39 is 0 Å². The van der Waals surface area contributed by atoms with Gasteiger partial charge in [-0.3, -0.25) is 4.79 Å². The smallest absolute Gasteiger partial charge is 0.251 e. The Hall–Kier alpha value is -3.12. The van der Waals surface area contributed by atoms with Gasteiger partial charge in [-0.25, -0.2) is 4.98 Å². The maximum Gasteiger partial charge on any atom is 0.251 e. The molecule has 6 heteroatoms. The number of halogens is 1. The van der Waals surface area contributed by atoms with Gasteiger partial charge in [0.1, 0.15) is 11.6 Å². The van der Waals surface area contributed by atoms with Crippen molar-refractivity contribution in [2.75, 3.05) is 6.61 Å². The van der Waals surface area contributed by atoms with Crippen molar-refractivity contribution in [3.05, 3.63) is 93.7 Å². The summed E-state index contributed by atoms with van der Waals surface area (Å²) in [5, 5.41) is 3.11. The molecule has 5 nitrogen and oxygen atoms in total. The van der Waals surface area contributed by atoms with Crippen molar-refractivity contribution in [1.82, 2.24) is 14.9 Å². The molecule has 1 unspecified atom stereocenters. The molecule has 0 aliphatic carbocycles. The fourth-order valence-corrected chi connectivity index (χ4v) is 4.30. The molecule has 1 atom stereocenters. The van der Waals surface area contributed by atoms with E-state index in [1.807, 2.05) is 61.5 Å². The van der Waals surface area contributed by atoms with Crippen LogP contribution in [0.25, 0.3) is 11.0 Å². The zero-order valence-corrected chi connectivity index (χ0v) is 21.4. The van der Waals surface area contributed by atoms with Crippen LogP contribution in [-0.4, -0.2) is 22.1 Å². The second kappa shape index (κ2) is 10.9. The number of fused-ring (bicyclic) bond motifs is 1. The summed E-state index contributed by atoms with van der Waals surface area (Å²) in [5.74, 6) is 1.71. The van der Waals surface area contributed by atoms with Crippen LogP contribution < -0.4 is 10.1 Å². The predicted octanol–water partition coefficient (Wildman–Crippen LogP) is 6.77. The van der Waals surface area contributed by atoms with Gasteiger partial charge in [-0.15, -0.1) is 0 Å². The van der Waals surface area contributed by atoms with Crippen molar-refractivity contribution in [2.24, 2.45) is 0 Å². The zero-order valence-electron chi connectivity index (χ0n) is 19.8. The minimum absolute atomic E-state index is 0.111. The molecule has 0 spiro atoms. The van der Waals surface area contributed by atoms with Gasteiger partial charge in [-0.05, 0) is 87.2 Å². The molecule has 0 aliphatic heterocycles. The lowest BCUT2D eigenvalue weighted by Crippen LogP contribution is -2.28. The van der Waals surface area contributed by atoms with E-state index in [1.54, 1.807) is 0 Å². The highest BCUT2D eigenvalue weighted by molar-refractivity contribution is 9.10. The van der Waals surface area contributed by atoms with Crippen molar-refractivity contribution in [3.8, 4) is 5.75 Å². The summed E-state index contributed by atoms with van der Waals surface area (Å²) in [6, 6.07) is 21.4. The van der Waals surface area contributed by atoms with E-state index in [0.717, 1.165) is 46.5 Å². The number of hydrogen-bond donors (Lipinski definition) is 1. The van der Waals surface area contributed by atoms with Crippen LogP contribution in [-0.2, 0) is 6.54 Å². The Morgan fingerprint density at radius 2 is 1.79 bits per heavy atom. The average Bonchev–Trinajstić information content (AvgIpc) is 3.20. The summed E-state index contributed by atoms with van der Waals surface area (Å²) < 4.78 is 9.19. The van der Waals surface area contributed by atoms with Crippen LogP contribution in [0, 0.1) is 13.8 Å². The van der Waals surface area contributed by atoms with E-state index in [0.29, 0.717) is 12.2 Å². The largest absolute Gasteiger partial charge is 0.493 e. The van der Waals surface area contributed by atoms with Crippen LogP contribution in [0.2, 0.25) is 0 Å². The molecule has 3 aromatic carbocycles. The van der Waals surface area contributed by atoms with E-state index in [2.05, 4.69) is 51.8 Å². The van der Waals surface area contributed by atoms with Crippen molar-refractivity contribution in [2.45, 2.75) is 46.2 Å². The third kappa shape index (κ3) is 5.50. The third-order valence-corrected chi connectivity index (χ3v) is 6.64. The number of benzene rings is 3. The standard InChI is InChI=1S/C28H30BrN3O2/c1-19-9-8-12-26(20(19)2)34-18-7-6-17-32-25-11-5-4-10-24(25)31-27(32)21(3)30-28(33)22-13-15-23(29)16-14-22/h4-5,8-16,21H,6-7,17-18H2,1-3H3,(H,30,33). The summed E-state index contributed by atoms with van der Waals surface area (Å²) >= 11 is 3.41. The number of para-hydroxylation sites is 2. The summed E-state index contributed by atoms with van der Waals surface area (Å²) in [7, 11) is 0. The first-order valence-corrected chi connectivity index (χ1v) is 12.4. The predicted molar refractivity (Wildman–Crippen MR) is 140 cm³/mol. The fourth-order valence-electron chi connectivity index (χ4n) is 4.04. The van der Waals surface area contributed by atoms with E-state index in [4.69, 9.17) is 9.72 Å². The minimum atomic E-state index is -0.227. The molecule has 34 heavy (non-hydrogen) atoms. The van der Waals surface area contributed by atoms with Crippen LogP contribution in [0.4, 0.5) is 0 Å². The number of imidazole rings is 1. The van der Waals surface area contributed by atoms with Gasteiger partial charge in [0, 0.05) is 16.6 Å². The van der Waals surface area contributed by atoms with Crippen molar-refractivity contribution < 1.29 is 9.53 Å². The molecule has 0 radical (unpaired) electrons. The van der Waals surface area contributed by atoms with E-state index >= 15 is 0 Å². The quantitative estimate of drug-likeness (QED) is 0.248. The second-order valence-corrected chi connectivity index (χ2v) is 9.48. The molecule has 1 amide bonds. The first kappa shape index (κ1) is 24.0. The molecule has 0 bridgehead atoms. The van der Waals surface area contributed by atoms with Crippen LogP contribution in [0.1, 0.15) is 53.1 Å². The van der Waals surface area contributed by atoms with Gasteiger partial charge in [0.15, 0.2) is 0 Å². The Labute approximate surface area is 209 Å². The molecule has 0 fully saturated rings. The maximum atomic E-state index is 12.8. The number of nitrogens with one attached hydrogen (secondary N) is 1. The van der Waals surface area contributed by atoms with Crippen molar-refractivity contribution in [1.29, 1.82) is 0 Å². The number of amides is 1. The Morgan fingerprint density at radius 3 is 2.59 bits per heavy atom. The lowest BCUT2D eigenvalue weighted by Gasteiger charge is -2.17. The lowest BCUT2D eigenvalue weighted by molar-refractivity contribution is 0.0937. The van der Waals surface area contributed by atoms with Gasteiger partial charge in [-0.2, -0.15) is 0 Å². The Morgan fingerprint density at radius 1 is 1.03 bits per heavy atom. The molecular formula is C28H30BrN3O2. The number of ether oxygens (including phenoxy) is 1. The number of nitrogens with zero attached hydrogens (tertiary/aromatic N) is 2. The second-order valence-electron chi connectivity index (χ2n) is 8.57. The van der Waals surface area contributed by atoms with Crippen molar-refractivity contribution in [3.63, 3.8) is 0 Å². The number of carbonyl (C=O) groups is 1. The third-order valence-electron chi connectivity index (χ3n) is 6.11. The monoisotopic (exact) mass is 519 g/mol. The number of rotatable bonds is 9. The zero-order chi connectivity index (χ0) is 24.1. The van der Waals surface area contributed by atoms with Gasteiger partial charge in [0.25, 0.3) is 5.91 Å². The van der Waals surface area contributed by atoms with Crippen LogP contribution in [0.15, 0.2) is 71.2 Å². The van der Waals surface area contributed by atoms with Crippen LogP contribution in [0.5, 0.6) is 5.75 Å². The van der Waals surface area contributed by atoms with E-state index in [9.17, 15) is 4.79 Å². The van der Waals surface area contributed by atoms with Gasteiger partial charge < -0.3 is 14.6 Å². The summed E-state index contributed by atoms with van der Waals surface area (Å²) in [4.78, 5) is 17.6. The number of hydrogen-bond acceptors (Lipinski definition) is 3. The molecule has 1 N–H and O–H groups in total. The number of aryl methyl sites for hydroxylation is 2. The highest BCUT2D eigenvalue weighted by Crippen LogP contribution is 2.23. The molecular weight excluding hydrogens is 490 g/mol. The summed E-state index contributed by atoms with van der Waals surface area (Å²) in [5.41, 5.74) is 5.08. The first-order chi connectivity index (χ1) is 16.4. The van der Waals surface area contributed by atoms with E-state index in [-0.39, 0.29) is 11.9 Å². The first-order valence-electron chi connectivity index (χ1n) is 11.6. The highest BCUT2D eigenvalue weighted by Gasteiger charge is 2.19. The molecule has 4 rings (SSSR count). The summed E-state index contributed by atoms with van der Waals surface area (Å²) in [6.45, 7) is 7.66. The Balaban J connectivity index is 1.42. The molecule has 0 saturated heterocycles. The van der Waals surface area contributed by atoms with E-state index in [1.165, 1.54) is 11.1 Å². The molecule has 0 saturated carbocycles. The lowest BCUT2D eigenvalue weighted by atomic mass is 10.1. The molecule has 176 valence electrons. The summed E-state index contributed by atoms with van der Waals surface area (Å²) in [6.07, 6.45) is 1.88. The van der Waals surface area contributed by atoms with Gasteiger partial charge in [0.05, 0.1) is 23.7 Å². The SMILES string of the molecule is Cc1cccc(OCCCCn2c(C(C)NC(=O)c3ccc(Br)cc3)nc3ccccc32)c1C. The molecule has 0 aliphatic rings. The van der Waals surface area contributed by atoms with Gasteiger partial charge in [-0.1, -0.05) is 40.2 Å². The fraction of sp³-hybridized carbons (Fsp3) is 0.286. The normalized spacial score (nSPS) is 12.0.